The van der Waals surface area contributed by atoms with Gasteiger partial charge < -0.3 is 15.0 Å². The van der Waals surface area contributed by atoms with Crippen LogP contribution in [0.3, 0.4) is 0 Å². The van der Waals surface area contributed by atoms with Gasteiger partial charge in [0.25, 0.3) is 0 Å². The van der Waals surface area contributed by atoms with Gasteiger partial charge in [0.05, 0.1) is 6.61 Å². The molecular formula is C14H30N2O. The third-order valence-corrected chi connectivity index (χ3v) is 3.56. The molecule has 0 saturated carbocycles. The molecular weight excluding hydrogens is 212 g/mol. The maximum atomic E-state index is 5.64. The quantitative estimate of drug-likeness (QED) is 0.704. The summed E-state index contributed by atoms with van der Waals surface area (Å²) in [6.07, 6.45) is 1.20. The first-order valence-corrected chi connectivity index (χ1v) is 7.12. The molecule has 0 bridgehead atoms. The molecule has 0 aromatic carbocycles. The van der Waals surface area contributed by atoms with Gasteiger partial charge in [0, 0.05) is 31.7 Å². The lowest BCUT2D eigenvalue weighted by atomic mass is 9.86. The second kappa shape index (κ2) is 7.34. The normalized spacial score (nSPS) is 25.1. The highest BCUT2D eigenvalue weighted by atomic mass is 16.5. The topological polar surface area (TPSA) is 24.5 Å². The molecule has 17 heavy (non-hydrogen) atoms. The maximum absolute atomic E-state index is 5.64. The Kier molecular flexibility index (Phi) is 6.45. The van der Waals surface area contributed by atoms with E-state index in [4.69, 9.17) is 4.74 Å². The third-order valence-electron chi connectivity index (χ3n) is 3.56. The van der Waals surface area contributed by atoms with Crippen molar-refractivity contribution >= 4 is 0 Å². The Bertz CT molecular complexity index is 200. The Morgan fingerprint density at radius 2 is 2.12 bits per heavy atom. The van der Waals surface area contributed by atoms with Gasteiger partial charge in [0.15, 0.2) is 0 Å². The molecule has 3 nitrogen and oxygen atoms in total. The zero-order valence-corrected chi connectivity index (χ0v) is 12.1. The van der Waals surface area contributed by atoms with Gasteiger partial charge in [-0.15, -0.1) is 0 Å². The van der Waals surface area contributed by atoms with Crippen molar-refractivity contribution in [1.82, 2.24) is 10.2 Å². The van der Waals surface area contributed by atoms with E-state index in [9.17, 15) is 0 Å². The van der Waals surface area contributed by atoms with Crippen LogP contribution in [0.1, 0.15) is 34.1 Å². The molecule has 0 aromatic rings. The monoisotopic (exact) mass is 242 g/mol. The highest BCUT2D eigenvalue weighted by molar-refractivity contribution is 4.88. The first-order valence-electron chi connectivity index (χ1n) is 7.12. The predicted octanol–water partition coefficient (Wildman–Crippen LogP) is 1.98. The second-order valence-corrected chi connectivity index (χ2v) is 5.80. The van der Waals surface area contributed by atoms with Crippen LogP contribution in [0.5, 0.6) is 0 Å². The van der Waals surface area contributed by atoms with Gasteiger partial charge in [-0.05, 0) is 25.4 Å². The van der Waals surface area contributed by atoms with Crippen molar-refractivity contribution in [3.05, 3.63) is 0 Å². The molecule has 1 fully saturated rings. The van der Waals surface area contributed by atoms with Gasteiger partial charge in [-0.1, -0.05) is 27.7 Å². The lowest BCUT2D eigenvalue weighted by molar-refractivity contribution is 0.105. The average molecular weight is 242 g/mol. The summed E-state index contributed by atoms with van der Waals surface area (Å²) in [6, 6.07) is 0. The van der Waals surface area contributed by atoms with E-state index in [-0.39, 0.29) is 0 Å². The van der Waals surface area contributed by atoms with Gasteiger partial charge in [0.1, 0.15) is 0 Å². The van der Waals surface area contributed by atoms with Crippen LogP contribution in [0.25, 0.3) is 0 Å². The highest BCUT2D eigenvalue weighted by Gasteiger charge is 2.35. The molecule has 102 valence electrons. The Morgan fingerprint density at radius 3 is 2.59 bits per heavy atom. The van der Waals surface area contributed by atoms with Crippen LogP contribution >= 0.6 is 0 Å². The Morgan fingerprint density at radius 1 is 1.35 bits per heavy atom. The summed E-state index contributed by atoms with van der Waals surface area (Å²) in [5.41, 5.74) is 0.348. The van der Waals surface area contributed by atoms with Crippen molar-refractivity contribution in [2.75, 3.05) is 45.9 Å². The number of hydrogen-bond donors (Lipinski definition) is 1. The Labute approximate surface area is 107 Å². The van der Waals surface area contributed by atoms with Gasteiger partial charge in [-0.2, -0.15) is 0 Å². The summed E-state index contributed by atoms with van der Waals surface area (Å²) in [7, 11) is 0. The predicted molar refractivity (Wildman–Crippen MR) is 73.4 cm³/mol. The minimum atomic E-state index is 0.348. The number of hydrogen-bond acceptors (Lipinski definition) is 3. The van der Waals surface area contributed by atoms with E-state index in [1.165, 1.54) is 19.5 Å². The van der Waals surface area contributed by atoms with Gasteiger partial charge in [-0.3, -0.25) is 0 Å². The molecule has 3 heteroatoms. The number of nitrogens with zero attached hydrogens (tertiary/aromatic N) is 1. The first kappa shape index (κ1) is 14.9. The Hall–Kier alpha value is -0.120. The zero-order valence-electron chi connectivity index (χ0n) is 12.1. The number of nitrogens with one attached hydrogen (secondary N) is 1. The molecule has 0 aromatic heterocycles. The van der Waals surface area contributed by atoms with Crippen LogP contribution in [0.4, 0.5) is 0 Å². The van der Waals surface area contributed by atoms with E-state index in [1.54, 1.807) is 0 Å². The zero-order chi connectivity index (χ0) is 12.7. The maximum Gasteiger partial charge on any atom is 0.0547 e. The molecule has 1 rings (SSSR count). The molecule has 0 radical (unpaired) electrons. The summed E-state index contributed by atoms with van der Waals surface area (Å²) < 4.78 is 5.64. The van der Waals surface area contributed by atoms with Crippen molar-refractivity contribution in [2.24, 2.45) is 11.3 Å². The molecule has 1 aliphatic rings. The summed E-state index contributed by atoms with van der Waals surface area (Å²) >= 11 is 0. The van der Waals surface area contributed by atoms with E-state index >= 15 is 0 Å². The molecule has 1 heterocycles. The van der Waals surface area contributed by atoms with Crippen molar-refractivity contribution in [1.29, 1.82) is 0 Å². The van der Waals surface area contributed by atoms with Crippen LogP contribution in [0.15, 0.2) is 0 Å². The van der Waals surface area contributed by atoms with Crippen LogP contribution in [-0.2, 0) is 4.74 Å². The highest BCUT2D eigenvalue weighted by Crippen LogP contribution is 2.29. The molecule has 1 atom stereocenters. The lowest BCUT2D eigenvalue weighted by Crippen LogP contribution is -2.45. The van der Waals surface area contributed by atoms with Gasteiger partial charge in [-0.25, -0.2) is 0 Å². The molecule has 0 aliphatic carbocycles. The minimum absolute atomic E-state index is 0.348. The van der Waals surface area contributed by atoms with Crippen LogP contribution in [0.2, 0.25) is 0 Å². The van der Waals surface area contributed by atoms with E-state index in [1.807, 2.05) is 0 Å². The minimum Gasteiger partial charge on any atom is -0.381 e. The summed E-state index contributed by atoms with van der Waals surface area (Å²) in [4.78, 5) is 2.58. The molecule has 1 N–H and O–H groups in total. The second-order valence-electron chi connectivity index (χ2n) is 5.80. The van der Waals surface area contributed by atoms with Crippen molar-refractivity contribution in [2.45, 2.75) is 34.1 Å². The first-order chi connectivity index (χ1) is 8.12. The van der Waals surface area contributed by atoms with Crippen LogP contribution in [-0.4, -0.2) is 50.8 Å². The van der Waals surface area contributed by atoms with Crippen molar-refractivity contribution in [3.8, 4) is 0 Å². The van der Waals surface area contributed by atoms with E-state index in [0.717, 1.165) is 38.8 Å². The number of rotatable bonds is 8. The van der Waals surface area contributed by atoms with Crippen molar-refractivity contribution < 1.29 is 4.74 Å². The molecule has 0 amide bonds. The van der Waals surface area contributed by atoms with Crippen molar-refractivity contribution in [3.63, 3.8) is 0 Å². The fourth-order valence-corrected chi connectivity index (χ4v) is 2.66. The number of ether oxygens (including phenoxy) is 1. The van der Waals surface area contributed by atoms with E-state index in [2.05, 4.69) is 37.9 Å². The largest absolute Gasteiger partial charge is 0.381 e. The molecule has 1 saturated heterocycles. The standard InChI is InChI=1S/C14H30N2O/c1-5-15-10-14(7-8-17-12-14)11-16(6-2)9-13(3)4/h13,15H,5-12H2,1-4H3. The van der Waals surface area contributed by atoms with E-state index in [0.29, 0.717) is 5.41 Å². The Balaban J connectivity index is 2.51. The summed E-state index contributed by atoms with van der Waals surface area (Å²) in [6.45, 7) is 16.6. The molecule has 1 unspecified atom stereocenters. The van der Waals surface area contributed by atoms with Crippen LogP contribution in [0, 0.1) is 11.3 Å². The average Bonchev–Trinajstić information content (AvgIpc) is 2.74. The molecule has 1 aliphatic heterocycles. The van der Waals surface area contributed by atoms with Crippen LogP contribution < -0.4 is 5.32 Å². The summed E-state index contributed by atoms with van der Waals surface area (Å²) in [5, 5.41) is 3.51. The summed E-state index contributed by atoms with van der Waals surface area (Å²) in [5.74, 6) is 0.744. The van der Waals surface area contributed by atoms with Gasteiger partial charge in [0.2, 0.25) is 0 Å². The third kappa shape index (κ3) is 4.94. The smallest absolute Gasteiger partial charge is 0.0547 e. The fraction of sp³-hybridized carbons (Fsp3) is 1.00. The molecule has 0 spiro atoms. The lowest BCUT2D eigenvalue weighted by Gasteiger charge is -2.34. The van der Waals surface area contributed by atoms with E-state index < -0.39 is 0 Å². The SMILES string of the molecule is CCNCC1(CN(CC)CC(C)C)CCOC1. The fourth-order valence-electron chi connectivity index (χ4n) is 2.66. The van der Waals surface area contributed by atoms with Gasteiger partial charge >= 0.3 is 0 Å².